The molecule has 2 fully saturated rings. The molecular weight excluding hydrogens is 246 g/mol. The molecule has 1 aliphatic carbocycles. The third-order valence-corrected chi connectivity index (χ3v) is 5.33. The van der Waals surface area contributed by atoms with Crippen molar-refractivity contribution in [3.05, 3.63) is 35.9 Å². The summed E-state index contributed by atoms with van der Waals surface area (Å²) >= 11 is 0. The maximum absolute atomic E-state index is 12.1. The summed E-state index contributed by atoms with van der Waals surface area (Å²) in [5.74, 6) is 0.284. The molecule has 1 saturated heterocycles. The van der Waals surface area contributed by atoms with Crippen molar-refractivity contribution in [3.63, 3.8) is 0 Å². The van der Waals surface area contributed by atoms with Crippen LogP contribution in [0, 0.1) is 5.41 Å². The van der Waals surface area contributed by atoms with E-state index in [1.807, 2.05) is 30.3 Å². The van der Waals surface area contributed by atoms with Crippen LogP contribution < -0.4 is 0 Å². The Labute approximate surface area is 122 Å². The van der Waals surface area contributed by atoms with E-state index in [9.17, 15) is 4.79 Å². The zero-order valence-corrected chi connectivity index (χ0v) is 12.3. The summed E-state index contributed by atoms with van der Waals surface area (Å²) in [5.41, 5.74) is 1.54. The number of likely N-dealkylation sites (tertiary alicyclic amines) is 1. The van der Waals surface area contributed by atoms with Crippen LogP contribution in [0.2, 0.25) is 0 Å². The highest BCUT2D eigenvalue weighted by Crippen LogP contribution is 2.46. The first-order valence-corrected chi connectivity index (χ1v) is 8.08. The molecular formula is C18H25NO. The van der Waals surface area contributed by atoms with Crippen LogP contribution in [-0.4, -0.2) is 30.3 Å². The fourth-order valence-corrected chi connectivity index (χ4v) is 3.90. The van der Waals surface area contributed by atoms with Gasteiger partial charge in [-0.05, 0) is 44.2 Å². The van der Waals surface area contributed by atoms with Gasteiger partial charge in [-0.1, -0.05) is 43.2 Å². The highest BCUT2D eigenvalue weighted by molar-refractivity contribution is 5.96. The van der Waals surface area contributed by atoms with Crippen LogP contribution in [0.1, 0.15) is 55.3 Å². The Kier molecular flexibility index (Phi) is 4.21. The van der Waals surface area contributed by atoms with Crippen molar-refractivity contribution >= 4 is 5.78 Å². The molecule has 1 aromatic carbocycles. The molecule has 1 aromatic rings. The number of carbonyl (C=O) groups is 1. The summed E-state index contributed by atoms with van der Waals surface area (Å²) < 4.78 is 0. The Bertz CT molecular complexity index is 438. The van der Waals surface area contributed by atoms with Crippen LogP contribution in [0.3, 0.4) is 0 Å². The first-order chi connectivity index (χ1) is 9.77. The quantitative estimate of drug-likeness (QED) is 0.774. The molecule has 0 radical (unpaired) electrons. The highest BCUT2D eigenvalue weighted by atomic mass is 16.1. The average Bonchev–Trinajstić information content (AvgIpc) is 2.96. The summed E-state index contributed by atoms with van der Waals surface area (Å²) in [7, 11) is 0. The SMILES string of the molecule is O=C(CCN1CCC2(CCCC2)CC1)c1ccccc1. The first-order valence-electron chi connectivity index (χ1n) is 8.08. The van der Waals surface area contributed by atoms with Crippen molar-refractivity contribution in [3.8, 4) is 0 Å². The number of hydrogen-bond donors (Lipinski definition) is 0. The molecule has 1 heterocycles. The largest absolute Gasteiger partial charge is 0.303 e. The molecule has 20 heavy (non-hydrogen) atoms. The van der Waals surface area contributed by atoms with E-state index in [-0.39, 0.29) is 5.78 Å². The van der Waals surface area contributed by atoms with Crippen LogP contribution in [0.5, 0.6) is 0 Å². The number of carbonyl (C=O) groups excluding carboxylic acids is 1. The number of piperidine rings is 1. The number of hydrogen-bond acceptors (Lipinski definition) is 2. The van der Waals surface area contributed by atoms with Crippen LogP contribution in [-0.2, 0) is 0 Å². The molecule has 1 spiro atoms. The zero-order chi connectivity index (χ0) is 13.8. The summed E-state index contributed by atoms with van der Waals surface area (Å²) in [5, 5.41) is 0. The monoisotopic (exact) mass is 271 g/mol. The van der Waals surface area contributed by atoms with E-state index in [1.165, 1.54) is 51.6 Å². The third kappa shape index (κ3) is 3.12. The molecule has 2 aliphatic rings. The average molecular weight is 271 g/mol. The van der Waals surface area contributed by atoms with Crippen molar-refractivity contribution in [2.75, 3.05) is 19.6 Å². The minimum absolute atomic E-state index is 0.284. The Hall–Kier alpha value is -1.15. The molecule has 0 atom stereocenters. The maximum Gasteiger partial charge on any atom is 0.164 e. The topological polar surface area (TPSA) is 20.3 Å². The van der Waals surface area contributed by atoms with Crippen LogP contribution in [0.4, 0.5) is 0 Å². The molecule has 108 valence electrons. The van der Waals surface area contributed by atoms with Gasteiger partial charge in [0.1, 0.15) is 0 Å². The smallest absolute Gasteiger partial charge is 0.164 e. The summed E-state index contributed by atoms with van der Waals surface area (Å²) in [6, 6.07) is 9.69. The minimum atomic E-state index is 0.284. The lowest BCUT2D eigenvalue weighted by Gasteiger charge is -2.39. The lowest BCUT2D eigenvalue weighted by atomic mass is 9.77. The molecule has 0 unspecified atom stereocenters. The Morgan fingerprint density at radius 1 is 1.00 bits per heavy atom. The van der Waals surface area contributed by atoms with Gasteiger partial charge < -0.3 is 4.90 Å². The summed E-state index contributed by atoms with van der Waals surface area (Å²) in [4.78, 5) is 14.6. The van der Waals surface area contributed by atoms with E-state index >= 15 is 0 Å². The number of rotatable bonds is 4. The van der Waals surface area contributed by atoms with E-state index in [4.69, 9.17) is 0 Å². The fraction of sp³-hybridized carbons (Fsp3) is 0.611. The molecule has 2 nitrogen and oxygen atoms in total. The Morgan fingerprint density at radius 3 is 2.30 bits per heavy atom. The van der Waals surface area contributed by atoms with Gasteiger partial charge in [0.25, 0.3) is 0 Å². The predicted octanol–water partition coefficient (Wildman–Crippen LogP) is 3.92. The van der Waals surface area contributed by atoms with Crippen molar-refractivity contribution in [2.45, 2.75) is 44.9 Å². The minimum Gasteiger partial charge on any atom is -0.303 e. The van der Waals surface area contributed by atoms with Gasteiger partial charge >= 0.3 is 0 Å². The van der Waals surface area contributed by atoms with E-state index < -0.39 is 0 Å². The van der Waals surface area contributed by atoms with Crippen LogP contribution in [0.15, 0.2) is 30.3 Å². The fourth-order valence-electron chi connectivity index (χ4n) is 3.90. The first kappa shape index (κ1) is 13.8. The molecule has 0 bridgehead atoms. The summed E-state index contributed by atoms with van der Waals surface area (Å²) in [6.45, 7) is 3.33. The van der Waals surface area contributed by atoms with Crippen molar-refractivity contribution in [1.82, 2.24) is 4.90 Å². The van der Waals surface area contributed by atoms with Gasteiger partial charge in [0.15, 0.2) is 5.78 Å². The number of ketones is 1. The zero-order valence-electron chi connectivity index (χ0n) is 12.3. The molecule has 0 aromatic heterocycles. The molecule has 1 saturated carbocycles. The second-order valence-electron chi connectivity index (χ2n) is 6.59. The van der Waals surface area contributed by atoms with E-state index in [0.29, 0.717) is 11.8 Å². The van der Waals surface area contributed by atoms with E-state index in [1.54, 1.807) is 0 Å². The second kappa shape index (κ2) is 6.09. The van der Waals surface area contributed by atoms with Crippen molar-refractivity contribution in [1.29, 1.82) is 0 Å². The van der Waals surface area contributed by atoms with Crippen LogP contribution in [0.25, 0.3) is 0 Å². The molecule has 1 aliphatic heterocycles. The molecule has 0 N–H and O–H groups in total. The predicted molar refractivity (Wildman–Crippen MR) is 82.0 cm³/mol. The molecule has 0 amide bonds. The Morgan fingerprint density at radius 2 is 1.65 bits per heavy atom. The van der Waals surface area contributed by atoms with Crippen molar-refractivity contribution in [2.24, 2.45) is 5.41 Å². The summed E-state index contributed by atoms with van der Waals surface area (Å²) in [6.07, 6.45) is 9.14. The van der Waals surface area contributed by atoms with Crippen molar-refractivity contribution < 1.29 is 4.79 Å². The van der Waals surface area contributed by atoms with Gasteiger partial charge in [0.2, 0.25) is 0 Å². The molecule has 3 rings (SSSR count). The van der Waals surface area contributed by atoms with Gasteiger partial charge in [-0.25, -0.2) is 0 Å². The Balaban J connectivity index is 1.45. The maximum atomic E-state index is 12.1. The second-order valence-corrected chi connectivity index (χ2v) is 6.59. The normalized spacial score (nSPS) is 22.2. The number of Topliss-reactive ketones (excluding diaryl/α,β-unsaturated/α-hetero) is 1. The standard InChI is InChI=1S/C18H25NO/c20-17(16-6-2-1-3-7-16)8-13-19-14-11-18(12-15-19)9-4-5-10-18/h1-3,6-7H,4-5,8-15H2. The van der Waals surface area contributed by atoms with Gasteiger partial charge in [0, 0.05) is 18.5 Å². The lowest BCUT2D eigenvalue weighted by molar-refractivity contribution is 0.0888. The van der Waals surface area contributed by atoms with Gasteiger partial charge in [-0.15, -0.1) is 0 Å². The number of benzene rings is 1. The van der Waals surface area contributed by atoms with Crippen LogP contribution >= 0.6 is 0 Å². The highest BCUT2D eigenvalue weighted by Gasteiger charge is 2.36. The van der Waals surface area contributed by atoms with E-state index in [0.717, 1.165) is 12.1 Å². The lowest BCUT2D eigenvalue weighted by Crippen LogP contribution is -2.39. The molecule has 2 heteroatoms. The van der Waals surface area contributed by atoms with E-state index in [2.05, 4.69) is 4.90 Å². The van der Waals surface area contributed by atoms with Gasteiger partial charge in [-0.3, -0.25) is 4.79 Å². The van der Waals surface area contributed by atoms with Gasteiger partial charge in [-0.2, -0.15) is 0 Å². The van der Waals surface area contributed by atoms with Gasteiger partial charge in [0.05, 0.1) is 0 Å². The number of nitrogens with zero attached hydrogens (tertiary/aromatic N) is 1. The third-order valence-electron chi connectivity index (χ3n) is 5.33.